The Labute approximate surface area is 91.4 Å². The molecule has 0 fully saturated rings. The Bertz CT molecular complexity index is 526. The van der Waals surface area contributed by atoms with Crippen molar-refractivity contribution in [3.05, 3.63) is 35.1 Å². The van der Waals surface area contributed by atoms with Crippen molar-refractivity contribution in [2.45, 2.75) is 18.4 Å². The third kappa shape index (κ3) is 1.02. The molecule has 1 aromatic rings. The van der Waals surface area contributed by atoms with E-state index in [1.54, 1.807) is 6.07 Å². The van der Waals surface area contributed by atoms with Crippen molar-refractivity contribution in [1.29, 1.82) is 0 Å². The number of hydrogen-bond acceptors (Lipinski definition) is 3. The summed E-state index contributed by atoms with van der Waals surface area (Å²) in [6.45, 7) is 0. The van der Waals surface area contributed by atoms with Gasteiger partial charge in [0.2, 0.25) is 0 Å². The van der Waals surface area contributed by atoms with Gasteiger partial charge in [0.15, 0.2) is 11.5 Å². The highest BCUT2D eigenvalue weighted by Crippen LogP contribution is 2.42. The van der Waals surface area contributed by atoms with Crippen molar-refractivity contribution >= 4 is 11.9 Å². The van der Waals surface area contributed by atoms with Gasteiger partial charge in [-0.25, -0.2) is 9.38 Å². The molecule has 1 unspecified atom stereocenters. The maximum Gasteiger partial charge on any atom is 0.259 e. The number of fused-ring (bicyclic) bond motifs is 2. The highest BCUT2D eigenvalue weighted by molar-refractivity contribution is 6.07. The fourth-order valence-corrected chi connectivity index (χ4v) is 2.48. The van der Waals surface area contributed by atoms with E-state index in [2.05, 4.69) is 10.3 Å². The number of halogens is 1. The number of guanidine groups is 1. The number of carbonyl (C=O) groups is 1. The number of carbonyl (C=O) groups excluding carboxylic acids is 1. The number of aliphatic imine (C=N–C) groups is 1. The summed E-state index contributed by atoms with van der Waals surface area (Å²) in [7, 11) is 0. The molecule has 3 N–H and O–H groups in total. The van der Waals surface area contributed by atoms with E-state index < -0.39 is 5.54 Å². The van der Waals surface area contributed by atoms with E-state index in [0.717, 1.165) is 11.1 Å². The summed E-state index contributed by atoms with van der Waals surface area (Å²) < 4.78 is 13.1. The molecule has 0 radical (unpaired) electrons. The number of nitrogens with two attached hydrogens (primary N) is 1. The molecule has 1 aliphatic heterocycles. The molecule has 1 aromatic carbocycles. The normalized spacial score (nSPS) is 26.8. The van der Waals surface area contributed by atoms with E-state index >= 15 is 0 Å². The lowest BCUT2D eigenvalue weighted by atomic mass is 9.92. The zero-order chi connectivity index (χ0) is 11.3. The van der Waals surface area contributed by atoms with Crippen LogP contribution in [0.3, 0.4) is 0 Å². The Morgan fingerprint density at radius 2 is 2.31 bits per heavy atom. The molecule has 3 rings (SSSR count). The van der Waals surface area contributed by atoms with Crippen LogP contribution in [-0.4, -0.2) is 11.9 Å². The largest absolute Gasteiger partial charge is 0.370 e. The molecule has 82 valence electrons. The molecule has 0 aromatic heterocycles. The van der Waals surface area contributed by atoms with E-state index in [1.807, 2.05) is 0 Å². The molecule has 4 nitrogen and oxygen atoms in total. The van der Waals surface area contributed by atoms with E-state index in [4.69, 9.17) is 5.73 Å². The molecular weight excluding hydrogens is 209 g/mol. The maximum atomic E-state index is 13.1. The van der Waals surface area contributed by atoms with Crippen LogP contribution in [0, 0.1) is 5.82 Å². The summed E-state index contributed by atoms with van der Waals surface area (Å²) in [5.74, 6) is -0.358. The van der Waals surface area contributed by atoms with Gasteiger partial charge in [-0.3, -0.25) is 10.1 Å². The van der Waals surface area contributed by atoms with Gasteiger partial charge in [-0.2, -0.15) is 0 Å². The fraction of sp³-hybridized carbons (Fsp3) is 0.273. The van der Waals surface area contributed by atoms with Crippen molar-refractivity contribution in [2.75, 3.05) is 0 Å². The molecule has 1 atom stereocenters. The van der Waals surface area contributed by atoms with Gasteiger partial charge in [0.1, 0.15) is 5.82 Å². The molecule has 1 amide bonds. The quantitative estimate of drug-likeness (QED) is 0.663. The second-order valence-corrected chi connectivity index (χ2v) is 4.11. The fourth-order valence-electron chi connectivity index (χ4n) is 2.48. The first kappa shape index (κ1) is 9.33. The monoisotopic (exact) mass is 219 g/mol. The Hall–Kier alpha value is -1.91. The number of benzene rings is 1. The number of nitrogens with one attached hydrogen (secondary N) is 1. The molecule has 1 aliphatic carbocycles. The van der Waals surface area contributed by atoms with Gasteiger partial charge in [-0.05, 0) is 36.1 Å². The maximum absolute atomic E-state index is 13.1. The van der Waals surface area contributed by atoms with E-state index in [-0.39, 0.29) is 17.7 Å². The van der Waals surface area contributed by atoms with Crippen molar-refractivity contribution in [3.63, 3.8) is 0 Å². The van der Waals surface area contributed by atoms with Crippen LogP contribution in [0.25, 0.3) is 0 Å². The Balaban J connectivity index is 2.19. The molecule has 1 heterocycles. The molecule has 0 saturated carbocycles. The Morgan fingerprint density at radius 3 is 3.00 bits per heavy atom. The first-order valence-corrected chi connectivity index (χ1v) is 5.07. The van der Waals surface area contributed by atoms with Crippen LogP contribution in [0.2, 0.25) is 0 Å². The third-order valence-electron chi connectivity index (χ3n) is 3.20. The zero-order valence-electron chi connectivity index (χ0n) is 8.46. The highest BCUT2D eigenvalue weighted by Gasteiger charge is 2.49. The van der Waals surface area contributed by atoms with Crippen LogP contribution in [0.4, 0.5) is 4.39 Å². The smallest absolute Gasteiger partial charge is 0.259 e. The summed E-state index contributed by atoms with van der Waals surface area (Å²) in [5.41, 5.74) is 6.21. The molecular formula is C11H10FN3O. The van der Waals surface area contributed by atoms with Crippen molar-refractivity contribution < 1.29 is 9.18 Å². The lowest BCUT2D eigenvalue weighted by Crippen LogP contribution is -2.37. The third-order valence-corrected chi connectivity index (χ3v) is 3.20. The van der Waals surface area contributed by atoms with E-state index in [9.17, 15) is 9.18 Å². The average molecular weight is 219 g/mol. The molecule has 2 aliphatic rings. The lowest BCUT2D eigenvalue weighted by Gasteiger charge is -2.17. The van der Waals surface area contributed by atoms with Crippen LogP contribution in [0.5, 0.6) is 0 Å². The molecule has 5 heteroatoms. The van der Waals surface area contributed by atoms with Crippen LogP contribution in [0.1, 0.15) is 17.5 Å². The van der Waals surface area contributed by atoms with Gasteiger partial charge in [0.05, 0.1) is 0 Å². The van der Waals surface area contributed by atoms with Crippen LogP contribution in [0.15, 0.2) is 23.2 Å². The molecule has 0 bridgehead atoms. The number of amides is 1. The summed E-state index contributed by atoms with van der Waals surface area (Å²) in [6, 6.07) is 4.43. The Kier molecular flexibility index (Phi) is 1.64. The minimum atomic E-state index is -0.910. The molecule has 0 saturated heterocycles. The van der Waals surface area contributed by atoms with Crippen molar-refractivity contribution in [2.24, 2.45) is 10.7 Å². The minimum Gasteiger partial charge on any atom is -0.370 e. The van der Waals surface area contributed by atoms with Gasteiger partial charge >= 0.3 is 0 Å². The number of nitrogens with zero attached hydrogens (tertiary/aromatic N) is 1. The first-order valence-electron chi connectivity index (χ1n) is 5.07. The van der Waals surface area contributed by atoms with Gasteiger partial charge < -0.3 is 5.73 Å². The summed E-state index contributed by atoms with van der Waals surface area (Å²) >= 11 is 0. The number of rotatable bonds is 0. The van der Waals surface area contributed by atoms with Crippen molar-refractivity contribution in [1.82, 2.24) is 5.32 Å². The van der Waals surface area contributed by atoms with Crippen LogP contribution >= 0.6 is 0 Å². The summed E-state index contributed by atoms with van der Waals surface area (Å²) in [6.07, 6.45) is 1.20. The number of aryl methyl sites for hydroxylation is 1. The van der Waals surface area contributed by atoms with E-state index in [1.165, 1.54) is 12.1 Å². The van der Waals surface area contributed by atoms with E-state index in [0.29, 0.717) is 12.8 Å². The Morgan fingerprint density at radius 1 is 1.50 bits per heavy atom. The zero-order valence-corrected chi connectivity index (χ0v) is 8.46. The highest BCUT2D eigenvalue weighted by atomic mass is 19.1. The van der Waals surface area contributed by atoms with Gasteiger partial charge in [0.25, 0.3) is 5.91 Å². The van der Waals surface area contributed by atoms with Crippen LogP contribution in [-0.2, 0) is 16.8 Å². The second kappa shape index (κ2) is 2.81. The second-order valence-electron chi connectivity index (χ2n) is 4.11. The summed E-state index contributed by atoms with van der Waals surface area (Å²) in [5, 5.41) is 2.50. The predicted octanol–water partition coefficient (Wildman–Crippen LogP) is 0.412. The van der Waals surface area contributed by atoms with Gasteiger partial charge in [-0.15, -0.1) is 0 Å². The van der Waals surface area contributed by atoms with Crippen LogP contribution < -0.4 is 11.1 Å². The summed E-state index contributed by atoms with van der Waals surface area (Å²) in [4.78, 5) is 16.0. The topological polar surface area (TPSA) is 67.5 Å². The molecule has 1 spiro atoms. The minimum absolute atomic E-state index is 0.141. The lowest BCUT2D eigenvalue weighted by molar-refractivity contribution is -0.124. The van der Waals surface area contributed by atoms with Crippen molar-refractivity contribution in [3.8, 4) is 0 Å². The standard InChI is InChI=1S/C11H10FN3O/c12-7-1-2-8-6(5-7)3-4-11(8)9(16)14-10(13)15-11/h1-2,5H,3-4H2,(H3,13,14,15,16). The van der Waals surface area contributed by atoms with Gasteiger partial charge in [-0.1, -0.05) is 6.07 Å². The average Bonchev–Trinajstić information content (AvgIpc) is 2.70. The van der Waals surface area contributed by atoms with Gasteiger partial charge in [0, 0.05) is 0 Å². The molecule has 16 heavy (non-hydrogen) atoms. The first-order chi connectivity index (χ1) is 7.62. The SMILES string of the molecule is NC1=NC2(CCc3cc(F)ccc32)C(=O)N1. The number of hydrogen-bond donors (Lipinski definition) is 2. The predicted molar refractivity (Wildman–Crippen MR) is 56.2 cm³/mol.